The van der Waals surface area contributed by atoms with Crippen molar-refractivity contribution in [2.24, 2.45) is 11.8 Å². The molecule has 1 saturated carbocycles. The van der Waals surface area contributed by atoms with Crippen LogP contribution in [0, 0.1) is 11.8 Å². The molecule has 2 N–H and O–H groups in total. The van der Waals surface area contributed by atoms with Gasteiger partial charge in [0.15, 0.2) is 5.82 Å². The van der Waals surface area contributed by atoms with Gasteiger partial charge >= 0.3 is 5.97 Å². The quantitative estimate of drug-likeness (QED) is 0.572. The molecule has 0 aliphatic heterocycles. The van der Waals surface area contributed by atoms with Crippen LogP contribution in [0.1, 0.15) is 44.1 Å². The molecule has 1 aliphatic carbocycles. The van der Waals surface area contributed by atoms with Gasteiger partial charge in [-0.05, 0) is 37.3 Å². The maximum absolute atomic E-state index is 13.0. The van der Waals surface area contributed by atoms with Crippen LogP contribution < -0.4 is 10.9 Å². The summed E-state index contributed by atoms with van der Waals surface area (Å²) in [6.45, 7) is 3.62. The molecule has 31 heavy (non-hydrogen) atoms. The molecular weight excluding hydrogens is 402 g/mol. The van der Waals surface area contributed by atoms with E-state index < -0.39 is 17.4 Å². The second kappa shape index (κ2) is 8.25. The van der Waals surface area contributed by atoms with Crippen molar-refractivity contribution in [3.8, 4) is 0 Å². The van der Waals surface area contributed by atoms with Gasteiger partial charge in [0.05, 0.1) is 29.7 Å². The first-order chi connectivity index (χ1) is 14.8. The first kappa shape index (κ1) is 20.6. The molecule has 1 fully saturated rings. The fraction of sp³-hybridized carbons (Fsp3) is 0.450. The Morgan fingerprint density at radius 3 is 2.68 bits per heavy atom. The van der Waals surface area contributed by atoms with Crippen molar-refractivity contribution in [3.63, 3.8) is 0 Å². The van der Waals surface area contributed by atoms with E-state index in [9.17, 15) is 14.4 Å². The zero-order chi connectivity index (χ0) is 22.1. The Morgan fingerprint density at radius 2 is 2.03 bits per heavy atom. The number of hydrogen-bond donors (Lipinski definition) is 2. The highest BCUT2D eigenvalue weighted by Gasteiger charge is 2.34. The van der Waals surface area contributed by atoms with E-state index in [1.807, 2.05) is 13.8 Å². The Balaban J connectivity index is 1.58. The summed E-state index contributed by atoms with van der Waals surface area (Å²) >= 11 is 0. The van der Waals surface area contributed by atoms with E-state index in [1.165, 1.54) is 16.9 Å². The van der Waals surface area contributed by atoms with Crippen LogP contribution in [0.5, 0.6) is 0 Å². The number of carboxylic acids is 1. The minimum absolute atomic E-state index is 0.0327. The Kier molecular flexibility index (Phi) is 5.49. The minimum Gasteiger partial charge on any atom is -0.481 e. The number of hydrogen-bond acceptors (Lipinski definition) is 7. The van der Waals surface area contributed by atoms with E-state index in [1.54, 1.807) is 12.1 Å². The summed E-state index contributed by atoms with van der Waals surface area (Å²) in [5, 5.41) is 28.0. The molecule has 4 rings (SSSR count). The molecule has 1 amide bonds. The second-order valence-corrected chi connectivity index (χ2v) is 8.16. The normalized spacial score (nSPS) is 18.2. The largest absolute Gasteiger partial charge is 0.481 e. The average molecular weight is 425 g/mol. The lowest BCUT2D eigenvalue weighted by Gasteiger charge is -2.31. The van der Waals surface area contributed by atoms with Gasteiger partial charge in [0.1, 0.15) is 12.1 Å². The molecule has 3 heterocycles. The summed E-state index contributed by atoms with van der Waals surface area (Å²) < 4.78 is 2.68. The van der Waals surface area contributed by atoms with Gasteiger partial charge in [-0.3, -0.25) is 14.4 Å². The number of aliphatic carboxylic acids is 1. The van der Waals surface area contributed by atoms with Crippen LogP contribution in [-0.4, -0.2) is 46.6 Å². The van der Waals surface area contributed by atoms with Gasteiger partial charge in [-0.25, -0.2) is 9.20 Å². The van der Waals surface area contributed by atoms with E-state index in [-0.39, 0.29) is 24.3 Å². The molecule has 11 heteroatoms. The van der Waals surface area contributed by atoms with E-state index in [0.29, 0.717) is 36.3 Å². The molecule has 0 saturated heterocycles. The van der Waals surface area contributed by atoms with Crippen molar-refractivity contribution in [1.29, 1.82) is 0 Å². The minimum atomic E-state index is -0.763. The van der Waals surface area contributed by atoms with Crippen LogP contribution in [0.3, 0.4) is 0 Å². The second-order valence-electron chi connectivity index (χ2n) is 8.16. The number of fused-ring (bicyclic) bond motifs is 1. The van der Waals surface area contributed by atoms with E-state index in [0.717, 1.165) is 10.4 Å². The molecule has 1 aliphatic rings. The monoisotopic (exact) mass is 425 g/mol. The topological polar surface area (TPSA) is 144 Å². The molecular formula is C20H23N7O4. The van der Waals surface area contributed by atoms with Crippen LogP contribution in [-0.2, 0) is 22.6 Å². The average Bonchev–Trinajstić information content (AvgIpc) is 3.11. The van der Waals surface area contributed by atoms with Crippen molar-refractivity contribution in [1.82, 2.24) is 29.6 Å². The van der Waals surface area contributed by atoms with Crippen LogP contribution >= 0.6 is 0 Å². The third-order valence-corrected chi connectivity index (χ3v) is 5.41. The summed E-state index contributed by atoms with van der Waals surface area (Å²) in [7, 11) is 0. The van der Waals surface area contributed by atoms with Crippen molar-refractivity contribution >= 4 is 23.1 Å². The van der Waals surface area contributed by atoms with E-state index in [2.05, 4.69) is 25.7 Å². The zero-order valence-corrected chi connectivity index (χ0v) is 17.2. The number of rotatable bonds is 7. The fourth-order valence-electron chi connectivity index (χ4n) is 3.77. The maximum Gasteiger partial charge on any atom is 0.306 e. The van der Waals surface area contributed by atoms with Crippen molar-refractivity contribution < 1.29 is 14.7 Å². The number of carbonyl (C=O) groups is 2. The lowest BCUT2D eigenvalue weighted by molar-refractivity contribution is -0.146. The summed E-state index contributed by atoms with van der Waals surface area (Å²) in [4.78, 5) is 36.4. The lowest BCUT2D eigenvalue weighted by Crippen LogP contribution is -2.32. The number of anilines is 1. The predicted molar refractivity (Wildman–Crippen MR) is 110 cm³/mol. The Bertz CT molecular complexity index is 1180. The molecule has 0 bridgehead atoms. The third kappa shape index (κ3) is 4.30. The summed E-state index contributed by atoms with van der Waals surface area (Å²) in [6.07, 6.45) is 4.71. The Morgan fingerprint density at radius 1 is 1.26 bits per heavy atom. The molecule has 0 spiro atoms. The van der Waals surface area contributed by atoms with Gasteiger partial charge in [-0.2, -0.15) is 20.4 Å². The first-order valence-electron chi connectivity index (χ1n) is 10.1. The molecule has 0 atom stereocenters. The van der Waals surface area contributed by atoms with E-state index in [4.69, 9.17) is 5.11 Å². The van der Waals surface area contributed by atoms with Crippen LogP contribution in [0.2, 0.25) is 0 Å². The number of nitrogens with zero attached hydrogens (tertiary/aromatic N) is 6. The fourth-order valence-corrected chi connectivity index (χ4v) is 3.77. The molecule has 3 aromatic heterocycles. The molecule has 0 radical (unpaired) electrons. The maximum atomic E-state index is 13.0. The van der Waals surface area contributed by atoms with Crippen LogP contribution in [0.25, 0.3) is 5.52 Å². The zero-order valence-electron chi connectivity index (χ0n) is 17.2. The Hall–Kier alpha value is -3.63. The number of carbonyl (C=O) groups excluding carboxylic acids is 1. The van der Waals surface area contributed by atoms with Gasteiger partial charge in [0, 0.05) is 5.92 Å². The highest BCUT2D eigenvalue weighted by molar-refractivity contribution is 5.90. The van der Waals surface area contributed by atoms with E-state index >= 15 is 0 Å². The number of amides is 1. The number of aromatic nitrogens is 6. The lowest BCUT2D eigenvalue weighted by atomic mass is 9.73. The van der Waals surface area contributed by atoms with Gasteiger partial charge in [0.25, 0.3) is 5.56 Å². The van der Waals surface area contributed by atoms with Crippen molar-refractivity contribution in [3.05, 3.63) is 46.4 Å². The molecule has 162 valence electrons. The highest BCUT2D eigenvalue weighted by atomic mass is 16.4. The van der Waals surface area contributed by atoms with Gasteiger partial charge < -0.3 is 10.4 Å². The third-order valence-electron chi connectivity index (χ3n) is 5.41. The molecule has 3 aromatic rings. The summed E-state index contributed by atoms with van der Waals surface area (Å²) in [6, 6.07) is 3.31. The van der Waals surface area contributed by atoms with Gasteiger partial charge in [-0.15, -0.1) is 0 Å². The Labute approximate surface area is 177 Å². The summed E-state index contributed by atoms with van der Waals surface area (Å²) in [5.74, 6) is -0.688. The summed E-state index contributed by atoms with van der Waals surface area (Å²) in [5.41, 5.74) is 1.13. The highest BCUT2D eigenvalue weighted by Crippen LogP contribution is 2.36. The van der Waals surface area contributed by atoms with Gasteiger partial charge in [-0.1, -0.05) is 13.8 Å². The van der Waals surface area contributed by atoms with Crippen LogP contribution in [0.4, 0.5) is 5.69 Å². The number of carboxylic acid groups (broad SMARTS) is 1. The smallest absolute Gasteiger partial charge is 0.306 e. The van der Waals surface area contributed by atoms with Crippen molar-refractivity contribution in [2.75, 3.05) is 5.32 Å². The predicted octanol–water partition coefficient (Wildman–Crippen LogP) is 1.10. The standard InChI is InChI=1S/C20H23N7O4/c1-11(2)18-25-26(10-17(28)23-14-3-4-21-22-9-14)19(29)16-8-15(24-27(16)18)7-12-5-13(6-12)20(30)31/h3-4,8-9,11-13H,5-7,10H2,1-2H3,(H,30,31)(H,21,23,28). The molecule has 0 aromatic carbocycles. The molecule has 11 nitrogen and oxygen atoms in total. The van der Waals surface area contributed by atoms with Crippen molar-refractivity contribution in [2.45, 2.75) is 45.6 Å². The SMILES string of the molecule is CC(C)c1nn(CC(=O)Nc2ccnnc2)c(=O)c2cc(CC3CC(C(=O)O)C3)nn12. The first-order valence-corrected chi connectivity index (χ1v) is 10.1. The van der Waals surface area contributed by atoms with Gasteiger partial charge in [0.2, 0.25) is 5.91 Å². The molecule has 0 unspecified atom stereocenters. The van der Waals surface area contributed by atoms with Crippen LogP contribution in [0.15, 0.2) is 29.3 Å². The number of nitrogens with one attached hydrogen (secondary N) is 1.